The van der Waals surface area contributed by atoms with Gasteiger partial charge in [-0.2, -0.15) is 0 Å². The van der Waals surface area contributed by atoms with Gasteiger partial charge in [0.25, 0.3) is 5.22 Å². The van der Waals surface area contributed by atoms with E-state index in [2.05, 4.69) is 53.5 Å². The highest BCUT2D eigenvalue weighted by Gasteiger charge is 2.13. The van der Waals surface area contributed by atoms with Crippen LogP contribution in [0.1, 0.15) is 43.7 Å². The SMILES string of the molecule is CC(C)Oc1cccc(CSc2nnc(CC(C)c3ccccc3)o2)c1. The average Bonchev–Trinajstić information content (AvgIpc) is 3.08. The minimum atomic E-state index is 0.169. The Balaban J connectivity index is 1.55. The molecule has 0 aliphatic rings. The molecule has 0 bridgehead atoms. The smallest absolute Gasteiger partial charge is 0.276 e. The summed E-state index contributed by atoms with van der Waals surface area (Å²) < 4.78 is 11.5. The minimum Gasteiger partial charge on any atom is -0.491 e. The van der Waals surface area contributed by atoms with E-state index in [1.54, 1.807) is 11.8 Å². The summed E-state index contributed by atoms with van der Waals surface area (Å²) in [6, 6.07) is 18.5. The first-order chi connectivity index (χ1) is 12.6. The molecule has 0 saturated heterocycles. The van der Waals surface area contributed by atoms with Gasteiger partial charge in [0.05, 0.1) is 6.10 Å². The predicted molar refractivity (Wildman–Crippen MR) is 105 cm³/mol. The Morgan fingerprint density at radius 2 is 1.81 bits per heavy atom. The number of thioether (sulfide) groups is 1. The second-order valence-corrected chi connectivity index (χ2v) is 7.51. The van der Waals surface area contributed by atoms with Crippen molar-refractivity contribution in [1.29, 1.82) is 0 Å². The van der Waals surface area contributed by atoms with Crippen molar-refractivity contribution in [1.82, 2.24) is 10.2 Å². The summed E-state index contributed by atoms with van der Waals surface area (Å²) in [7, 11) is 0. The lowest BCUT2D eigenvalue weighted by atomic mass is 9.98. The van der Waals surface area contributed by atoms with Crippen molar-refractivity contribution < 1.29 is 9.15 Å². The molecule has 1 aromatic heterocycles. The third-order valence-corrected chi connectivity index (χ3v) is 4.82. The highest BCUT2D eigenvalue weighted by atomic mass is 32.2. The first kappa shape index (κ1) is 18.5. The molecule has 0 amide bonds. The van der Waals surface area contributed by atoms with E-state index in [1.165, 1.54) is 11.1 Å². The van der Waals surface area contributed by atoms with Gasteiger partial charge >= 0.3 is 0 Å². The molecule has 2 aromatic carbocycles. The van der Waals surface area contributed by atoms with E-state index < -0.39 is 0 Å². The predicted octanol–water partition coefficient (Wildman–Crippen LogP) is 5.50. The van der Waals surface area contributed by atoms with Gasteiger partial charge in [-0.15, -0.1) is 10.2 Å². The molecule has 3 rings (SSSR count). The molecule has 4 nitrogen and oxygen atoms in total. The summed E-state index contributed by atoms with van der Waals surface area (Å²) in [4.78, 5) is 0. The standard InChI is InChI=1S/C21H24N2O2S/c1-15(2)24-19-11-7-8-17(13-19)14-26-21-23-22-20(25-21)12-16(3)18-9-5-4-6-10-18/h4-11,13,15-16H,12,14H2,1-3H3. The molecule has 3 aromatic rings. The van der Waals surface area contributed by atoms with Crippen LogP contribution in [0.5, 0.6) is 5.75 Å². The van der Waals surface area contributed by atoms with Crippen molar-refractivity contribution in [3.8, 4) is 5.75 Å². The molecule has 0 radical (unpaired) electrons. The Bertz CT molecular complexity index is 818. The maximum absolute atomic E-state index is 5.80. The molecule has 0 aliphatic carbocycles. The van der Waals surface area contributed by atoms with Crippen LogP contribution >= 0.6 is 11.8 Å². The molecule has 0 saturated carbocycles. The van der Waals surface area contributed by atoms with E-state index in [-0.39, 0.29) is 6.10 Å². The zero-order valence-electron chi connectivity index (χ0n) is 15.4. The summed E-state index contributed by atoms with van der Waals surface area (Å²) in [6.07, 6.45) is 0.915. The molecule has 136 valence electrons. The molecule has 1 unspecified atom stereocenters. The van der Waals surface area contributed by atoms with E-state index in [0.717, 1.165) is 17.9 Å². The fraction of sp³-hybridized carbons (Fsp3) is 0.333. The van der Waals surface area contributed by atoms with E-state index in [1.807, 2.05) is 32.0 Å². The molecule has 5 heteroatoms. The number of hydrogen-bond donors (Lipinski definition) is 0. The topological polar surface area (TPSA) is 48.2 Å². The first-order valence-electron chi connectivity index (χ1n) is 8.86. The van der Waals surface area contributed by atoms with Gasteiger partial charge in [0, 0.05) is 12.2 Å². The van der Waals surface area contributed by atoms with Crippen molar-refractivity contribution in [3.63, 3.8) is 0 Å². The molecule has 1 atom stereocenters. The fourth-order valence-electron chi connectivity index (χ4n) is 2.67. The molecular weight excluding hydrogens is 344 g/mol. The largest absolute Gasteiger partial charge is 0.491 e. The van der Waals surface area contributed by atoms with Gasteiger partial charge in [-0.25, -0.2) is 0 Å². The molecule has 0 spiro atoms. The van der Waals surface area contributed by atoms with Gasteiger partial charge < -0.3 is 9.15 Å². The first-order valence-corrected chi connectivity index (χ1v) is 9.84. The highest BCUT2D eigenvalue weighted by Crippen LogP contribution is 2.26. The van der Waals surface area contributed by atoms with Crippen molar-refractivity contribution in [2.75, 3.05) is 0 Å². The maximum atomic E-state index is 5.80. The summed E-state index contributed by atoms with van der Waals surface area (Å²) in [6.45, 7) is 6.22. The highest BCUT2D eigenvalue weighted by molar-refractivity contribution is 7.98. The summed E-state index contributed by atoms with van der Waals surface area (Å²) in [5, 5.41) is 8.96. The Hall–Kier alpha value is -2.27. The zero-order chi connectivity index (χ0) is 18.4. The van der Waals surface area contributed by atoms with Crippen molar-refractivity contribution in [2.45, 2.75) is 50.2 Å². The lowest BCUT2D eigenvalue weighted by Crippen LogP contribution is -2.05. The second kappa shape index (κ2) is 8.90. The van der Waals surface area contributed by atoms with Crippen LogP contribution in [0.2, 0.25) is 0 Å². The molecule has 26 heavy (non-hydrogen) atoms. The Morgan fingerprint density at radius 3 is 2.58 bits per heavy atom. The number of hydrogen-bond acceptors (Lipinski definition) is 5. The van der Waals surface area contributed by atoms with Gasteiger partial charge in [0.1, 0.15) is 5.75 Å². The zero-order valence-corrected chi connectivity index (χ0v) is 16.2. The fourth-order valence-corrected chi connectivity index (χ4v) is 3.39. The molecule has 1 heterocycles. The third-order valence-electron chi connectivity index (χ3n) is 3.93. The van der Waals surface area contributed by atoms with Crippen molar-refractivity contribution >= 4 is 11.8 Å². The second-order valence-electron chi connectivity index (χ2n) is 6.58. The normalized spacial score (nSPS) is 12.3. The van der Waals surface area contributed by atoms with E-state index in [4.69, 9.17) is 9.15 Å². The average molecular weight is 369 g/mol. The molecule has 0 fully saturated rings. The number of ether oxygens (including phenoxy) is 1. The monoisotopic (exact) mass is 368 g/mol. The van der Waals surface area contributed by atoms with Crippen LogP contribution in [-0.4, -0.2) is 16.3 Å². The van der Waals surface area contributed by atoms with Crippen molar-refractivity contribution in [2.24, 2.45) is 0 Å². The van der Waals surface area contributed by atoms with Gasteiger partial charge in [0.15, 0.2) is 0 Å². The molecule has 0 N–H and O–H groups in total. The van der Waals surface area contributed by atoms with Gasteiger partial charge in [0.2, 0.25) is 5.89 Å². The van der Waals surface area contributed by atoms with Crippen LogP contribution in [0.15, 0.2) is 64.2 Å². The maximum Gasteiger partial charge on any atom is 0.276 e. The van der Waals surface area contributed by atoms with Gasteiger partial charge in [-0.1, -0.05) is 61.2 Å². The van der Waals surface area contributed by atoms with E-state index >= 15 is 0 Å². The third kappa shape index (κ3) is 5.36. The number of benzene rings is 2. The van der Waals surface area contributed by atoms with E-state index in [0.29, 0.717) is 17.0 Å². The molecular formula is C21H24N2O2S. The van der Waals surface area contributed by atoms with Gasteiger partial charge in [-0.3, -0.25) is 0 Å². The van der Waals surface area contributed by atoms with Crippen molar-refractivity contribution in [3.05, 3.63) is 71.6 Å². The van der Waals surface area contributed by atoms with Crippen LogP contribution in [0, 0.1) is 0 Å². The summed E-state index contributed by atoms with van der Waals surface area (Å²) in [5.74, 6) is 2.69. The van der Waals surface area contributed by atoms with Crippen LogP contribution < -0.4 is 4.74 Å². The van der Waals surface area contributed by atoms with Crippen LogP contribution in [0.25, 0.3) is 0 Å². The van der Waals surface area contributed by atoms with Crippen LogP contribution in [-0.2, 0) is 12.2 Å². The Labute approximate surface area is 159 Å². The lowest BCUT2D eigenvalue weighted by Gasteiger charge is -2.10. The number of rotatable bonds is 8. The van der Waals surface area contributed by atoms with Crippen LogP contribution in [0.4, 0.5) is 0 Å². The van der Waals surface area contributed by atoms with Crippen LogP contribution in [0.3, 0.4) is 0 Å². The summed E-state index contributed by atoms with van der Waals surface area (Å²) in [5.41, 5.74) is 2.45. The Kier molecular flexibility index (Phi) is 6.34. The quantitative estimate of drug-likeness (QED) is 0.492. The summed E-state index contributed by atoms with van der Waals surface area (Å²) >= 11 is 1.55. The lowest BCUT2D eigenvalue weighted by molar-refractivity contribution is 0.242. The molecule has 0 aliphatic heterocycles. The van der Waals surface area contributed by atoms with Gasteiger partial charge in [-0.05, 0) is 43.0 Å². The minimum absolute atomic E-state index is 0.169. The number of aromatic nitrogens is 2. The Morgan fingerprint density at radius 1 is 1.00 bits per heavy atom. The number of nitrogens with zero attached hydrogens (tertiary/aromatic N) is 2. The van der Waals surface area contributed by atoms with E-state index in [9.17, 15) is 0 Å².